The molecule has 0 aliphatic carbocycles. The van der Waals surface area contributed by atoms with Crippen LogP contribution in [0.25, 0.3) is 11.1 Å². The Morgan fingerprint density at radius 3 is 2.50 bits per heavy atom. The summed E-state index contributed by atoms with van der Waals surface area (Å²) in [6, 6.07) is 22.0. The molecule has 0 aliphatic heterocycles. The van der Waals surface area contributed by atoms with E-state index in [9.17, 15) is 9.59 Å². The molecule has 0 fully saturated rings. The first kappa shape index (κ1) is 20.8. The maximum atomic E-state index is 13.0. The van der Waals surface area contributed by atoms with Crippen LogP contribution in [0.2, 0.25) is 0 Å². The van der Waals surface area contributed by atoms with Gasteiger partial charge in [0.15, 0.2) is 0 Å². The van der Waals surface area contributed by atoms with Crippen LogP contribution in [0.3, 0.4) is 0 Å². The number of hydrogen-bond donors (Lipinski definition) is 4. The molecular formula is C23H22N4O3. The standard InChI is InChI=1S/C23H22N4O3/c24-26-15-25-19-10-4-9-18(14-19)23(30)27-22-17(12-13-21(28)29)8-5-11-20(22)16-6-2-1-3-7-16/h1-11,14-15H,12-13,24H2,(H,25,26)(H,27,30)(H,28,29). The lowest BCUT2D eigenvalue weighted by atomic mass is 9.97. The maximum absolute atomic E-state index is 13.0. The highest BCUT2D eigenvalue weighted by atomic mass is 16.4. The number of aliphatic carboxylic acids is 1. The molecule has 3 aromatic rings. The van der Waals surface area contributed by atoms with Crippen molar-refractivity contribution in [2.75, 3.05) is 5.32 Å². The second kappa shape index (κ2) is 9.99. The molecule has 0 aromatic heterocycles. The SMILES string of the molecule is NNC=Nc1cccc(C(=O)Nc2c(CCC(=O)O)cccc2-c2ccccc2)c1. The molecule has 5 N–H and O–H groups in total. The van der Waals surface area contributed by atoms with Crippen molar-refractivity contribution in [2.45, 2.75) is 12.8 Å². The molecule has 7 nitrogen and oxygen atoms in total. The van der Waals surface area contributed by atoms with Crippen LogP contribution in [0, 0.1) is 0 Å². The summed E-state index contributed by atoms with van der Waals surface area (Å²) in [7, 11) is 0. The minimum atomic E-state index is -0.892. The molecule has 0 heterocycles. The van der Waals surface area contributed by atoms with Crippen molar-refractivity contribution in [1.29, 1.82) is 0 Å². The number of carboxylic acids is 1. The van der Waals surface area contributed by atoms with Crippen LogP contribution in [0.1, 0.15) is 22.3 Å². The summed E-state index contributed by atoms with van der Waals surface area (Å²) in [6.07, 6.45) is 1.60. The van der Waals surface area contributed by atoms with Gasteiger partial charge in [-0.05, 0) is 35.7 Å². The van der Waals surface area contributed by atoms with Crippen LogP contribution in [0.15, 0.2) is 77.8 Å². The summed E-state index contributed by atoms with van der Waals surface area (Å²) >= 11 is 0. The summed E-state index contributed by atoms with van der Waals surface area (Å²) in [5, 5.41) is 12.1. The van der Waals surface area contributed by atoms with Gasteiger partial charge in [-0.25, -0.2) is 10.8 Å². The number of hydrogen-bond acceptors (Lipinski definition) is 4. The number of carbonyl (C=O) groups is 2. The number of aryl methyl sites for hydroxylation is 1. The third-order valence-electron chi connectivity index (χ3n) is 4.48. The van der Waals surface area contributed by atoms with Gasteiger partial charge < -0.3 is 15.8 Å². The van der Waals surface area contributed by atoms with Crippen LogP contribution < -0.4 is 16.6 Å². The van der Waals surface area contributed by atoms with E-state index >= 15 is 0 Å². The number of nitrogens with two attached hydrogens (primary N) is 1. The number of amides is 1. The molecule has 0 saturated heterocycles. The highest BCUT2D eigenvalue weighted by Crippen LogP contribution is 2.32. The van der Waals surface area contributed by atoms with E-state index in [-0.39, 0.29) is 12.3 Å². The Balaban J connectivity index is 1.97. The summed E-state index contributed by atoms with van der Waals surface area (Å²) < 4.78 is 0. The van der Waals surface area contributed by atoms with Gasteiger partial charge in [-0.2, -0.15) is 0 Å². The van der Waals surface area contributed by atoms with Crippen LogP contribution >= 0.6 is 0 Å². The topological polar surface area (TPSA) is 117 Å². The lowest BCUT2D eigenvalue weighted by molar-refractivity contribution is -0.136. The van der Waals surface area contributed by atoms with Crippen molar-refractivity contribution in [2.24, 2.45) is 10.8 Å². The Morgan fingerprint density at radius 1 is 1.00 bits per heavy atom. The number of aliphatic imine (C=N–C) groups is 1. The van der Waals surface area contributed by atoms with Crippen LogP contribution in [-0.4, -0.2) is 23.3 Å². The van der Waals surface area contributed by atoms with Crippen molar-refractivity contribution >= 4 is 29.6 Å². The largest absolute Gasteiger partial charge is 0.481 e. The lowest BCUT2D eigenvalue weighted by Gasteiger charge is -2.16. The van der Waals surface area contributed by atoms with E-state index in [1.807, 2.05) is 48.5 Å². The number of carboxylic acid groups (broad SMARTS) is 1. The van der Waals surface area contributed by atoms with Crippen LogP contribution in [0.4, 0.5) is 11.4 Å². The third kappa shape index (κ3) is 5.30. The summed E-state index contributed by atoms with van der Waals surface area (Å²) in [5.41, 5.74) is 6.44. The monoisotopic (exact) mass is 402 g/mol. The van der Waals surface area contributed by atoms with Crippen molar-refractivity contribution in [1.82, 2.24) is 5.43 Å². The highest BCUT2D eigenvalue weighted by molar-refractivity contribution is 6.07. The molecule has 0 spiro atoms. The summed E-state index contributed by atoms with van der Waals surface area (Å²) in [6.45, 7) is 0. The Morgan fingerprint density at radius 2 is 1.77 bits per heavy atom. The molecule has 3 rings (SSSR count). The van der Waals surface area contributed by atoms with Gasteiger partial charge in [0.1, 0.15) is 6.34 Å². The molecule has 7 heteroatoms. The smallest absolute Gasteiger partial charge is 0.303 e. The molecular weight excluding hydrogens is 380 g/mol. The average Bonchev–Trinajstić information content (AvgIpc) is 2.77. The molecule has 30 heavy (non-hydrogen) atoms. The molecule has 0 unspecified atom stereocenters. The molecule has 0 aliphatic rings. The number of rotatable bonds is 8. The molecule has 152 valence electrons. The molecule has 0 bridgehead atoms. The fourth-order valence-electron chi connectivity index (χ4n) is 3.08. The van der Waals surface area contributed by atoms with Crippen molar-refractivity contribution < 1.29 is 14.7 Å². The second-order valence-corrected chi connectivity index (χ2v) is 6.53. The zero-order valence-electron chi connectivity index (χ0n) is 16.2. The van der Waals surface area contributed by atoms with Gasteiger partial charge in [0.25, 0.3) is 5.91 Å². The quantitative estimate of drug-likeness (QED) is 0.198. The minimum absolute atomic E-state index is 0.0304. The maximum Gasteiger partial charge on any atom is 0.303 e. The molecule has 0 atom stereocenters. The fraction of sp³-hybridized carbons (Fsp3) is 0.0870. The predicted molar refractivity (Wildman–Crippen MR) is 118 cm³/mol. The van der Waals surface area contributed by atoms with E-state index in [0.717, 1.165) is 16.7 Å². The van der Waals surface area contributed by atoms with Gasteiger partial charge in [0.05, 0.1) is 11.4 Å². The Kier molecular flexibility index (Phi) is 6.91. The fourth-order valence-corrected chi connectivity index (χ4v) is 3.08. The predicted octanol–water partition coefficient (Wildman–Crippen LogP) is 3.75. The second-order valence-electron chi connectivity index (χ2n) is 6.53. The van der Waals surface area contributed by atoms with Crippen molar-refractivity contribution in [3.63, 3.8) is 0 Å². The zero-order chi connectivity index (χ0) is 21.3. The zero-order valence-corrected chi connectivity index (χ0v) is 16.2. The van der Waals surface area contributed by atoms with Gasteiger partial charge in [0, 0.05) is 17.5 Å². The first-order valence-corrected chi connectivity index (χ1v) is 9.37. The van der Waals surface area contributed by atoms with Gasteiger partial charge in [-0.1, -0.05) is 54.6 Å². The lowest BCUT2D eigenvalue weighted by Crippen LogP contribution is -2.18. The van der Waals surface area contributed by atoms with Crippen molar-refractivity contribution in [3.05, 3.63) is 83.9 Å². The Labute approximate surface area is 174 Å². The number of benzene rings is 3. The van der Waals surface area contributed by atoms with Gasteiger partial charge >= 0.3 is 5.97 Å². The van der Waals surface area contributed by atoms with Gasteiger partial charge in [-0.15, -0.1) is 0 Å². The Bertz CT molecular complexity index is 1070. The van der Waals surface area contributed by atoms with Crippen LogP contribution in [-0.2, 0) is 11.2 Å². The summed E-state index contributed by atoms with van der Waals surface area (Å²) in [5.74, 6) is 3.99. The highest BCUT2D eigenvalue weighted by Gasteiger charge is 2.15. The number of para-hydroxylation sites is 1. The minimum Gasteiger partial charge on any atom is -0.481 e. The van der Waals surface area contributed by atoms with Crippen LogP contribution in [0.5, 0.6) is 0 Å². The number of hydrazine groups is 1. The third-order valence-corrected chi connectivity index (χ3v) is 4.48. The van der Waals surface area contributed by atoms with Gasteiger partial charge in [0.2, 0.25) is 0 Å². The van der Waals surface area contributed by atoms with E-state index in [0.29, 0.717) is 23.4 Å². The number of nitrogens with one attached hydrogen (secondary N) is 2. The number of carbonyl (C=O) groups excluding carboxylic acids is 1. The normalized spacial score (nSPS) is 10.7. The molecule has 3 aromatic carbocycles. The average molecular weight is 402 g/mol. The van der Waals surface area contributed by atoms with Gasteiger partial charge in [-0.3, -0.25) is 9.59 Å². The summed E-state index contributed by atoms with van der Waals surface area (Å²) in [4.78, 5) is 28.2. The van der Waals surface area contributed by atoms with Crippen molar-refractivity contribution in [3.8, 4) is 11.1 Å². The van der Waals surface area contributed by atoms with E-state index in [2.05, 4.69) is 15.7 Å². The molecule has 0 saturated carbocycles. The van der Waals surface area contributed by atoms with E-state index in [1.165, 1.54) is 6.34 Å². The van der Waals surface area contributed by atoms with E-state index in [4.69, 9.17) is 10.9 Å². The first-order chi connectivity index (χ1) is 14.6. The molecule has 1 amide bonds. The first-order valence-electron chi connectivity index (χ1n) is 9.37. The van der Waals surface area contributed by atoms with E-state index in [1.54, 1.807) is 24.3 Å². The Hall–Kier alpha value is -3.97. The van der Waals surface area contributed by atoms with E-state index < -0.39 is 5.97 Å². The number of anilines is 1. The molecule has 0 radical (unpaired) electrons. The number of nitrogens with zero attached hydrogens (tertiary/aromatic N) is 1.